The highest BCUT2D eigenvalue weighted by molar-refractivity contribution is 7.40. The number of rotatable bonds is 2. The second-order valence-corrected chi connectivity index (χ2v) is 24.8. The van der Waals surface area contributed by atoms with Crippen molar-refractivity contribution in [3.05, 3.63) is 124 Å². The van der Waals surface area contributed by atoms with Crippen molar-refractivity contribution in [3.8, 4) is 0 Å². The van der Waals surface area contributed by atoms with Crippen molar-refractivity contribution >= 4 is 98.7 Å². The quantitative estimate of drug-likeness (QED) is 0.160. The molecule has 0 saturated carbocycles. The lowest BCUT2D eigenvalue weighted by molar-refractivity contribution is 0.332. The van der Waals surface area contributed by atoms with Crippen LogP contribution in [-0.2, 0) is 27.1 Å². The Morgan fingerprint density at radius 2 is 0.933 bits per heavy atom. The summed E-state index contributed by atoms with van der Waals surface area (Å²) < 4.78 is 5.62. The van der Waals surface area contributed by atoms with Crippen LogP contribution in [0.4, 0.5) is 34.1 Å². The molecule has 0 radical (unpaired) electrons. The number of anilines is 6. The van der Waals surface area contributed by atoms with Gasteiger partial charge in [0.15, 0.2) is 0 Å². The summed E-state index contributed by atoms with van der Waals surface area (Å²) in [6, 6.07) is 36.6. The molecule has 0 atom stereocenters. The summed E-state index contributed by atoms with van der Waals surface area (Å²) in [7, 11) is 0. The average molecular weight is 825 g/mol. The monoisotopic (exact) mass is 824 g/mol. The molecule has 2 aliphatic heterocycles. The van der Waals surface area contributed by atoms with E-state index in [-0.39, 0.29) is 33.8 Å². The minimum absolute atomic E-state index is 0.0306. The average Bonchev–Trinajstić information content (AvgIpc) is 3.74. The van der Waals surface area contributed by atoms with E-state index in [0.717, 1.165) is 0 Å². The van der Waals surface area contributed by atoms with Gasteiger partial charge in [-0.05, 0) is 146 Å². The SMILES string of the molecule is Cc1cc2c3c(c1)N(c1ccc4c(c1)C(C)(C)CCC4(C)C)c1c(sc4ccc(C(C)(C)C)cc14)B3c1sc3ccc(C(C)(C)C)cc3c1N2c1ccc(C(C)(C)C)cc1. The van der Waals surface area contributed by atoms with Gasteiger partial charge in [-0.15, -0.1) is 22.7 Å². The van der Waals surface area contributed by atoms with Crippen LogP contribution in [0.5, 0.6) is 0 Å². The molecule has 0 saturated heterocycles. The molecule has 0 amide bonds. The van der Waals surface area contributed by atoms with Crippen molar-refractivity contribution in [2.45, 2.75) is 137 Å². The van der Waals surface area contributed by atoms with E-state index >= 15 is 0 Å². The molecule has 306 valence electrons. The van der Waals surface area contributed by atoms with Crippen molar-refractivity contribution in [1.82, 2.24) is 0 Å². The number of benzene rings is 5. The van der Waals surface area contributed by atoms with Crippen LogP contribution in [0.1, 0.15) is 136 Å². The number of hydrogen-bond donors (Lipinski definition) is 0. The van der Waals surface area contributed by atoms with E-state index in [0.29, 0.717) is 0 Å². The normalized spacial score (nSPS) is 16.9. The predicted molar refractivity (Wildman–Crippen MR) is 267 cm³/mol. The molecule has 0 spiro atoms. The molecule has 10 rings (SSSR count). The predicted octanol–water partition coefficient (Wildman–Crippen LogP) is 14.7. The second kappa shape index (κ2) is 12.9. The molecule has 0 unspecified atom stereocenters. The zero-order chi connectivity index (χ0) is 42.6. The van der Waals surface area contributed by atoms with Crippen LogP contribution in [0.25, 0.3) is 20.2 Å². The molecule has 0 fully saturated rings. The third kappa shape index (κ3) is 5.99. The molecule has 7 aromatic rings. The summed E-state index contributed by atoms with van der Waals surface area (Å²) in [6.45, 7) is 33.2. The van der Waals surface area contributed by atoms with Crippen LogP contribution in [-0.4, -0.2) is 6.71 Å². The lowest BCUT2D eigenvalue weighted by Crippen LogP contribution is -2.59. The third-order valence-corrected chi connectivity index (χ3v) is 16.7. The summed E-state index contributed by atoms with van der Waals surface area (Å²) in [5.74, 6) is 0. The first-order chi connectivity index (χ1) is 28.0. The first-order valence-corrected chi connectivity index (χ1v) is 23.8. The summed E-state index contributed by atoms with van der Waals surface area (Å²) in [6.07, 6.45) is 2.40. The molecule has 2 aromatic heterocycles. The summed E-state index contributed by atoms with van der Waals surface area (Å²) in [5, 5.41) is 2.72. The van der Waals surface area contributed by atoms with Gasteiger partial charge < -0.3 is 9.80 Å². The van der Waals surface area contributed by atoms with E-state index in [1.54, 1.807) is 0 Å². The number of fused-ring (bicyclic) bond motifs is 9. The molecule has 4 heterocycles. The standard InChI is InChI=1S/C55H61BN2S2/c1-32-27-42-46-43(28-32)58(37-21-22-40-41(31-37)55(13,14)26-25-54(40,11)12)48-39-30-35(53(8,9)10)18-24-45(39)60-50(48)56(46)49-47(38-29-34(52(5,6)7)17-23-44(38)59-49)57(42)36-19-15-33(16-20-36)51(2,3)4/h15-24,27-31H,25-26H2,1-14H3. The van der Waals surface area contributed by atoms with E-state index in [1.807, 2.05) is 22.7 Å². The van der Waals surface area contributed by atoms with Crippen molar-refractivity contribution in [3.63, 3.8) is 0 Å². The minimum Gasteiger partial charge on any atom is -0.310 e. The molecule has 2 nitrogen and oxygen atoms in total. The Hall–Kier alpha value is -4.32. The van der Waals surface area contributed by atoms with Gasteiger partial charge in [0.2, 0.25) is 0 Å². The van der Waals surface area contributed by atoms with Gasteiger partial charge in [0.25, 0.3) is 6.71 Å². The van der Waals surface area contributed by atoms with Crippen LogP contribution < -0.4 is 24.8 Å². The summed E-state index contributed by atoms with van der Waals surface area (Å²) in [4.78, 5) is 5.33. The highest BCUT2D eigenvalue weighted by atomic mass is 32.1. The maximum Gasteiger partial charge on any atom is 0.277 e. The van der Waals surface area contributed by atoms with E-state index in [9.17, 15) is 0 Å². The van der Waals surface area contributed by atoms with Crippen LogP contribution >= 0.6 is 22.7 Å². The van der Waals surface area contributed by atoms with Crippen LogP contribution in [0.2, 0.25) is 0 Å². The van der Waals surface area contributed by atoms with Crippen molar-refractivity contribution < 1.29 is 0 Å². The topological polar surface area (TPSA) is 6.48 Å². The van der Waals surface area contributed by atoms with Gasteiger partial charge in [-0.3, -0.25) is 0 Å². The Bertz CT molecular complexity index is 2900. The fourth-order valence-corrected chi connectivity index (χ4v) is 13.1. The second-order valence-electron chi connectivity index (χ2n) is 22.7. The Morgan fingerprint density at radius 1 is 0.500 bits per heavy atom. The number of hydrogen-bond acceptors (Lipinski definition) is 4. The number of thiophene rings is 2. The molecular formula is C55H61BN2S2. The number of nitrogens with zero attached hydrogens (tertiary/aromatic N) is 2. The largest absolute Gasteiger partial charge is 0.310 e. The maximum absolute atomic E-state index is 2.69. The molecule has 3 aliphatic rings. The Labute approximate surface area is 367 Å². The zero-order valence-corrected chi connectivity index (χ0v) is 40.0. The van der Waals surface area contributed by atoms with Gasteiger partial charge >= 0.3 is 0 Å². The molecule has 0 N–H and O–H groups in total. The first kappa shape index (κ1) is 39.8. The van der Waals surface area contributed by atoms with Crippen molar-refractivity contribution in [1.29, 1.82) is 0 Å². The van der Waals surface area contributed by atoms with E-state index in [2.05, 4.69) is 198 Å². The summed E-state index contributed by atoms with van der Waals surface area (Å²) in [5.41, 5.74) is 18.0. The molecule has 0 bridgehead atoms. The smallest absolute Gasteiger partial charge is 0.277 e. The lowest BCUT2D eigenvalue weighted by Gasteiger charge is -2.44. The van der Waals surface area contributed by atoms with E-state index in [1.165, 1.54) is 116 Å². The maximum atomic E-state index is 2.69. The van der Waals surface area contributed by atoms with Gasteiger partial charge in [-0.1, -0.05) is 120 Å². The molecule has 60 heavy (non-hydrogen) atoms. The Kier molecular flexibility index (Phi) is 8.53. The highest BCUT2D eigenvalue weighted by Gasteiger charge is 2.48. The minimum atomic E-state index is 0.0306. The van der Waals surface area contributed by atoms with Crippen LogP contribution in [0.3, 0.4) is 0 Å². The molecular weight excluding hydrogens is 764 g/mol. The molecule has 1 aliphatic carbocycles. The van der Waals surface area contributed by atoms with Gasteiger partial charge in [-0.25, -0.2) is 0 Å². The fourth-order valence-electron chi connectivity index (χ4n) is 10.4. The van der Waals surface area contributed by atoms with Gasteiger partial charge in [0, 0.05) is 52.5 Å². The molecule has 5 aromatic carbocycles. The molecule has 5 heteroatoms. The van der Waals surface area contributed by atoms with E-state index < -0.39 is 0 Å². The van der Waals surface area contributed by atoms with Crippen molar-refractivity contribution in [2.24, 2.45) is 0 Å². The zero-order valence-electron chi connectivity index (χ0n) is 38.4. The first-order valence-electron chi connectivity index (χ1n) is 22.2. The van der Waals surface area contributed by atoms with Crippen LogP contribution in [0, 0.1) is 6.92 Å². The van der Waals surface area contributed by atoms with Crippen molar-refractivity contribution in [2.75, 3.05) is 9.80 Å². The van der Waals surface area contributed by atoms with Crippen LogP contribution in [0.15, 0.2) is 91.0 Å². The third-order valence-electron chi connectivity index (χ3n) is 14.2. The summed E-state index contributed by atoms with van der Waals surface area (Å²) >= 11 is 4.03. The van der Waals surface area contributed by atoms with Gasteiger partial charge in [0.1, 0.15) is 0 Å². The fraction of sp³-hybridized carbons (Fsp3) is 0.382. The number of aryl methyl sites for hydroxylation is 1. The Balaban J connectivity index is 1.33. The highest BCUT2D eigenvalue weighted by Crippen LogP contribution is 2.53. The lowest BCUT2D eigenvalue weighted by atomic mass is 9.39. The van der Waals surface area contributed by atoms with E-state index in [4.69, 9.17) is 0 Å². The van der Waals surface area contributed by atoms with Gasteiger partial charge in [-0.2, -0.15) is 0 Å². The van der Waals surface area contributed by atoms with Gasteiger partial charge in [0.05, 0.1) is 11.4 Å². The Morgan fingerprint density at radius 3 is 1.42 bits per heavy atom.